The number of amides is 2. The molecule has 2 amide bonds. The predicted molar refractivity (Wildman–Crippen MR) is 101 cm³/mol. The lowest BCUT2D eigenvalue weighted by Gasteiger charge is -2.47. The number of carbonyl (C=O) groups excluding carboxylic acids is 2. The van der Waals surface area contributed by atoms with Crippen LogP contribution in [-0.2, 0) is 16.6 Å². The molecule has 0 bridgehead atoms. The van der Waals surface area contributed by atoms with E-state index in [1.807, 2.05) is 6.92 Å². The van der Waals surface area contributed by atoms with Gasteiger partial charge in [0.1, 0.15) is 18.0 Å². The summed E-state index contributed by atoms with van der Waals surface area (Å²) >= 11 is 0. The molecule has 0 radical (unpaired) electrons. The second kappa shape index (κ2) is 7.01. The van der Waals surface area contributed by atoms with Crippen molar-refractivity contribution in [3.05, 3.63) is 47.5 Å². The smallest absolute Gasteiger partial charge is 0.257 e. The van der Waals surface area contributed by atoms with E-state index in [0.717, 1.165) is 12.8 Å². The molecule has 2 aliphatic heterocycles. The normalized spacial score (nSPS) is 22.8. The number of morpholine rings is 1. The Kier molecular flexibility index (Phi) is 4.66. The van der Waals surface area contributed by atoms with E-state index in [9.17, 15) is 14.0 Å². The minimum Gasteiger partial charge on any atom is -0.361 e. The van der Waals surface area contributed by atoms with Crippen LogP contribution in [0.15, 0.2) is 30.5 Å². The van der Waals surface area contributed by atoms with Crippen LogP contribution in [0.2, 0.25) is 0 Å². The molecule has 1 aromatic carbocycles. The number of ether oxygens (including phenoxy) is 1. The maximum Gasteiger partial charge on any atom is 0.257 e. The molecule has 0 saturated carbocycles. The first-order valence-corrected chi connectivity index (χ1v) is 9.36. The highest BCUT2D eigenvalue weighted by molar-refractivity contribution is 5.96. The zero-order valence-corrected chi connectivity index (χ0v) is 16.0. The number of nitrogens with zero attached hydrogens (tertiary/aromatic N) is 4. The molecule has 3 heterocycles. The van der Waals surface area contributed by atoms with Crippen molar-refractivity contribution in [2.75, 3.05) is 31.1 Å². The van der Waals surface area contributed by atoms with Crippen LogP contribution in [0.1, 0.15) is 28.9 Å². The maximum absolute atomic E-state index is 13.6. The number of aryl methyl sites for hydroxylation is 2. The van der Waals surface area contributed by atoms with Gasteiger partial charge in [0.15, 0.2) is 0 Å². The van der Waals surface area contributed by atoms with Crippen LogP contribution in [0.25, 0.3) is 0 Å². The van der Waals surface area contributed by atoms with Gasteiger partial charge in [-0.05, 0) is 38.0 Å². The Balaban J connectivity index is 1.56. The van der Waals surface area contributed by atoms with E-state index in [0.29, 0.717) is 36.6 Å². The predicted octanol–water partition coefficient (Wildman–Crippen LogP) is 1.91. The van der Waals surface area contributed by atoms with Crippen LogP contribution >= 0.6 is 0 Å². The summed E-state index contributed by atoms with van der Waals surface area (Å²) in [5.74, 6) is -0.677. The minimum atomic E-state index is -0.649. The molecule has 0 N–H and O–H groups in total. The molecule has 1 atom stereocenters. The second-order valence-corrected chi connectivity index (χ2v) is 7.56. The van der Waals surface area contributed by atoms with Crippen molar-refractivity contribution < 1.29 is 18.7 Å². The molecule has 2 aromatic rings. The summed E-state index contributed by atoms with van der Waals surface area (Å²) in [5, 5.41) is 4.25. The molecule has 8 heteroatoms. The number of anilines is 1. The van der Waals surface area contributed by atoms with Crippen molar-refractivity contribution in [3.63, 3.8) is 0 Å². The number of aromatic nitrogens is 2. The van der Waals surface area contributed by atoms with E-state index in [2.05, 4.69) is 5.10 Å². The van der Waals surface area contributed by atoms with E-state index in [1.165, 1.54) is 12.1 Å². The molecule has 2 saturated heterocycles. The van der Waals surface area contributed by atoms with Crippen molar-refractivity contribution >= 4 is 17.5 Å². The van der Waals surface area contributed by atoms with E-state index < -0.39 is 11.4 Å². The SMILES string of the molecule is Cc1nn(C)cc1C(=O)N1CCCC2(C1)CN(c1cccc(F)c1)C(=O)CO2. The Morgan fingerprint density at radius 1 is 1.32 bits per heavy atom. The van der Waals surface area contributed by atoms with Crippen molar-refractivity contribution in [2.24, 2.45) is 7.05 Å². The molecule has 28 heavy (non-hydrogen) atoms. The van der Waals surface area contributed by atoms with Gasteiger partial charge in [-0.15, -0.1) is 0 Å². The topological polar surface area (TPSA) is 67.7 Å². The first-order valence-electron chi connectivity index (χ1n) is 9.36. The standard InChI is InChI=1S/C20H23FN4O3/c1-14-17(10-23(2)22-14)19(27)24-8-4-7-20(12-24)13-25(18(26)11-28-20)16-6-3-5-15(21)9-16/h3,5-6,9-10H,4,7-8,11-13H2,1-2H3. The Labute approximate surface area is 162 Å². The fourth-order valence-electron chi connectivity index (χ4n) is 4.09. The monoisotopic (exact) mass is 386 g/mol. The lowest BCUT2D eigenvalue weighted by Crippen LogP contribution is -2.62. The van der Waals surface area contributed by atoms with E-state index >= 15 is 0 Å². The Bertz CT molecular complexity index is 928. The summed E-state index contributed by atoms with van der Waals surface area (Å²) in [6.45, 7) is 3.05. The first-order chi connectivity index (χ1) is 13.4. The molecule has 2 fully saturated rings. The molecular formula is C20H23FN4O3. The quantitative estimate of drug-likeness (QED) is 0.791. The van der Waals surface area contributed by atoms with Gasteiger partial charge in [0.25, 0.3) is 11.8 Å². The average Bonchev–Trinajstić information content (AvgIpc) is 3.01. The lowest BCUT2D eigenvalue weighted by molar-refractivity contribution is -0.144. The molecule has 4 rings (SSSR count). The molecule has 7 nitrogen and oxygen atoms in total. The number of likely N-dealkylation sites (tertiary alicyclic amines) is 1. The fraction of sp³-hybridized carbons (Fsp3) is 0.450. The van der Waals surface area contributed by atoms with Crippen molar-refractivity contribution in [1.82, 2.24) is 14.7 Å². The van der Waals surface area contributed by atoms with Gasteiger partial charge in [0.05, 0.1) is 24.3 Å². The number of hydrogen-bond donors (Lipinski definition) is 0. The highest BCUT2D eigenvalue weighted by atomic mass is 19.1. The summed E-state index contributed by atoms with van der Waals surface area (Å²) in [4.78, 5) is 28.7. The van der Waals surface area contributed by atoms with Gasteiger partial charge >= 0.3 is 0 Å². The first kappa shape index (κ1) is 18.6. The third kappa shape index (κ3) is 3.40. The van der Waals surface area contributed by atoms with Crippen molar-refractivity contribution in [1.29, 1.82) is 0 Å². The van der Waals surface area contributed by atoms with Crippen LogP contribution in [0.5, 0.6) is 0 Å². The summed E-state index contributed by atoms with van der Waals surface area (Å²) < 4.78 is 21.2. The van der Waals surface area contributed by atoms with Gasteiger partial charge in [-0.1, -0.05) is 6.07 Å². The molecule has 1 aromatic heterocycles. The van der Waals surface area contributed by atoms with Gasteiger partial charge in [0, 0.05) is 25.5 Å². The molecule has 1 unspecified atom stereocenters. The number of piperidine rings is 1. The van der Waals surface area contributed by atoms with E-state index in [-0.39, 0.29) is 18.4 Å². The maximum atomic E-state index is 13.6. The number of benzene rings is 1. The van der Waals surface area contributed by atoms with E-state index in [1.54, 1.807) is 39.9 Å². The fourth-order valence-corrected chi connectivity index (χ4v) is 4.09. The third-order valence-corrected chi connectivity index (χ3v) is 5.44. The Morgan fingerprint density at radius 2 is 2.14 bits per heavy atom. The third-order valence-electron chi connectivity index (χ3n) is 5.44. The highest BCUT2D eigenvalue weighted by Crippen LogP contribution is 2.32. The lowest BCUT2D eigenvalue weighted by atomic mass is 9.90. The number of carbonyl (C=O) groups is 2. The zero-order valence-electron chi connectivity index (χ0n) is 16.0. The van der Waals surface area contributed by atoms with Crippen LogP contribution in [0, 0.1) is 12.7 Å². The largest absolute Gasteiger partial charge is 0.361 e. The number of hydrogen-bond acceptors (Lipinski definition) is 4. The van der Waals surface area contributed by atoms with Crippen LogP contribution in [0.3, 0.4) is 0 Å². The van der Waals surface area contributed by atoms with Crippen LogP contribution in [-0.4, -0.2) is 58.3 Å². The van der Waals surface area contributed by atoms with Gasteiger partial charge < -0.3 is 14.5 Å². The molecule has 148 valence electrons. The Morgan fingerprint density at radius 3 is 2.86 bits per heavy atom. The zero-order chi connectivity index (χ0) is 19.9. The van der Waals surface area contributed by atoms with Crippen molar-refractivity contribution in [3.8, 4) is 0 Å². The molecular weight excluding hydrogens is 363 g/mol. The summed E-state index contributed by atoms with van der Waals surface area (Å²) in [5.41, 5.74) is 1.13. The summed E-state index contributed by atoms with van der Waals surface area (Å²) in [7, 11) is 1.79. The van der Waals surface area contributed by atoms with Crippen molar-refractivity contribution in [2.45, 2.75) is 25.4 Å². The van der Waals surface area contributed by atoms with Crippen LogP contribution in [0.4, 0.5) is 10.1 Å². The Hall–Kier alpha value is -2.74. The average molecular weight is 386 g/mol. The van der Waals surface area contributed by atoms with Gasteiger partial charge in [-0.2, -0.15) is 5.10 Å². The minimum absolute atomic E-state index is 0.0789. The highest BCUT2D eigenvalue weighted by Gasteiger charge is 2.44. The van der Waals surface area contributed by atoms with Crippen LogP contribution < -0.4 is 4.90 Å². The van der Waals surface area contributed by atoms with Gasteiger partial charge in [-0.25, -0.2) is 4.39 Å². The van der Waals surface area contributed by atoms with Gasteiger partial charge in [0.2, 0.25) is 0 Å². The summed E-state index contributed by atoms with van der Waals surface area (Å²) in [6, 6.07) is 6.00. The molecule has 1 spiro atoms. The number of halogens is 1. The summed E-state index contributed by atoms with van der Waals surface area (Å²) in [6.07, 6.45) is 3.24. The second-order valence-electron chi connectivity index (χ2n) is 7.56. The van der Waals surface area contributed by atoms with E-state index in [4.69, 9.17) is 4.74 Å². The molecule has 2 aliphatic rings. The number of rotatable bonds is 2. The van der Waals surface area contributed by atoms with Gasteiger partial charge in [-0.3, -0.25) is 14.3 Å². The molecule has 0 aliphatic carbocycles.